The molecule has 9 heteroatoms. The van der Waals surface area contributed by atoms with E-state index < -0.39 is 20.9 Å². The van der Waals surface area contributed by atoms with Gasteiger partial charge in [-0.15, -0.1) is 0 Å². The molecule has 2 N–H and O–H groups in total. The number of hydrogen-bond donors (Lipinski definition) is 2. The fourth-order valence-electron chi connectivity index (χ4n) is 3.04. The first-order valence-electron chi connectivity index (χ1n) is 9.33. The van der Waals surface area contributed by atoms with Gasteiger partial charge in [0.05, 0.1) is 9.82 Å². The highest BCUT2D eigenvalue weighted by atomic mass is 32.2. The van der Waals surface area contributed by atoms with Crippen LogP contribution in [0.4, 0.5) is 17.1 Å². The molecule has 0 spiro atoms. The molecule has 3 aromatic carbocycles. The van der Waals surface area contributed by atoms with E-state index in [1.807, 2.05) is 13.0 Å². The van der Waals surface area contributed by atoms with Gasteiger partial charge in [-0.05, 0) is 62.2 Å². The molecule has 0 bridgehead atoms. The molecule has 31 heavy (non-hydrogen) atoms. The van der Waals surface area contributed by atoms with E-state index in [1.165, 1.54) is 24.3 Å². The van der Waals surface area contributed by atoms with Crippen LogP contribution >= 0.6 is 0 Å². The lowest BCUT2D eigenvalue weighted by Gasteiger charge is -2.13. The first-order chi connectivity index (χ1) is 14.6. The van der Waals surface area contributed by atoms with Crippen LogP contribution in [-0.4, -0.2) is 19.2 Å². The maximum Gasteiger partial charge on any atom is 0.273 e. The number of carbonyl (C=O) groups is 1. The van der Waals surface area contributed by atoms with Gasteiger partial charge in [-0.3, -0.25) is 19.6 Å². The predicted molar refractivity (Wildman–Crippen MR) is 119 cm³/mol. The van der Waals surface area contributed by atoms with E-state index in [9.17, 15) is 23.3 Å². The van der Waals surface area contributed by atoms with Gasteiger partial charge in [-0.2, -0.15) is 0 Å². The number of aryl methyl sites for hydroxylation is 3. The Bertz CT molecular complexity index is 1290. The van der Waals surface area contributed by atoms with E-state index in [1.54, 1.807) is 44.2 Å². The van der Waals surface area contributed by atoms with Gasteiger partial charge in [0, 0.05) is 28.6 Å². The molecule has 3 aromatic rings. The molecule has 3 rings (SSSR count). The van der Waals surface area contributed by atoms with Crippen molar-refractivity contribution < 1.29 is 18.1 Å². The Morgan fingerprint density at radius 1 is 0.903 bits per heavy atom. The molecule has 8 nitrogen and oxygen atoms in total. The van der Waals surface area contributed by atoms with Gasteiger partial charge in [-0.1, -0.05) is 24.3 Å². The SMILES string of the molecule is Cc1cccc(NS(=O)(=O)c2cc(NC(=O)c3ccc(C)c([N+](=O)[O-])c3)ccc2C)c1. The van der Waals surface area contributed by atoms with Gasteiger partial charge >= 0.3 is 0 Å². The van der Waals surface area contributed by atoms with E-state index in [4.69, 9.17) is 0 Å². The largest absolute Gasteiger partial charge is 0.322 e. The summed E-state index contributed by atoms with van der Waals surface area (Å²) in [7, 11) is -3.90. The normalized spacial score (nSPS) is 11.1. The number of anilines is 2. The molecular formula is C22H21N3O5S. The van der Waals surface area contributed by atoms with Crippen LogP contribution in [0, 0.1) is 30.9 Å². The Hall–Kier alpha value is -3.72. The van der Waals surface area contributed by atoms with Crippen LogP contribution < -0.4 is 10.0 Å². The predicted octanol–water partition coefficient (Wildman–Crippen LogP) is 4.57. The highest BCUT2D eigenvalue weighted by Gasteiger charge is 2.19. The van der Waals surface area contributed by atoms with Crippen molar-refractivity contribution >= 4 is 33.0 Å². The summed E-state index contributed by atoms with van der Waals surface area (Å²) in [5, 5.41) is 13.7. The first-order valence-corrected chi connectivity index (χ1v) is 10.8. The van der Waals surface area contributed by atoms with Crippen molar-refractivity contribution in [1.82, 2.24) is 0 Å². The molecule has 0 saturated heterocycles. The number of rotatable bonds is 6. The van der Waals surface area contributed by atoms with Crippen molar-refractivity contribution in [3.63, 3.8) is 0 Å². The maximum atomic E-state index is 12.9. The molecule has 0 atom stereocenters. The summed E-state index contributed by atoms with van der Waals surface area (Å²) < 4.78 is 28.3. The van der Waals surface area contributed by atoms with Crippen molar-refractivity contribution in [2.45, 2.75) is 25.7 Å². The standard InChI is InChI=1S/C22H21N3O5S/c1-14-5-4-6-19(11-14)24-31(29,30)21-13-18(10-8-16(21)3)23-22(26)17-9-7-15(2)20(12-17)25(27)28/h4-13,24H,1-3H3,(H,23,26). The van der Waals surface area contributed by atoms with Crippen LogP contribution in [0.3, 0.4) is 0 Å². The summed E-state index contributed by atoms with van der Waals surface area (Å²) in [6.07, 6.45) is 0. The minimum Gasteiger partial charge on any atom is -0.322 e. The van der Waals surface area contributed by atoms with Crippen LogP contribution in [0.15, 0.2) is 65.6 Å². The van der Waals surface area contributed by atoms with Crippen LogP contribution in [0.2, 0.25) is 0 Å². The van der Waals surface area contributed by atoms with Crippen molar-refractivity contribution in [1.29, 1.82) is 0 Å². The number of nitro groups is 1. The van der Waals surface area contributed by atoms with Gasteiger partial charge in [-0.25, -0.2) is 8.42 Å². The quantitative estimate of drug-likeness (QED) is 0.431. The number of benzene rings is 3. The van der Waals surface area contributed by atoms with Crippen LogP contribution in [0.25, 0.3) is 0 Å². The summed E-state index contributed by atoms with van der Waals surface area (Å²) in [4.78, 5) is 23.2. The van der Waals surface area contributed by atoms with Crippen molar-refractivity contribution in [3.8, 4) is 0 Å². The molecule has 0 aromatic heterocycles. The van der Waals surface area contributed by atoms with Gasteiger partial charge in [0.2, 0.25) is 0 Å². The number of nitro benzene ring substituents is 1. The van der Waals surface area contributed by atoms with E-state index >= 15 is 0 Å². The van der Waals surface area contributed by atoms with Crippen molar-refractivity contribution in [2.24, 2.45) is 0 Å². The second-order valence-corrected chi connectivity index (χ2v) is 8.82. The van der Waals surface area contributed by atoms with Crippen LogP contribution in [0.1, 0.15) is 27.0 Å². The highest BCUT2D eigenvalue weighted by molar-refractivity contribution is 7.92. The molecule has 0 aliphatic carbocycles. The average molecular weight is 439 g/mol. The summed E-state index contributed by atoms with van der Waals surface area (Å²) in [6, 6.07) is 15.6. The molecule has 0 aliphatic rings. The second kappa shape index (κ2) is 8.57. The van der Waals surface area contributed by atoms with Crippen LogP contribution in [0.5, 0.6) is 0 Å². The zero-order valence-electron chi connectivity index (χ0n) is 17.2. The third kappa shape index (κ3) is 5.07. The van der Waals surface area contributed by atoms with Crippen molar-refractivity contribution in [2.75, 3.05) is 10.0 Å². The molecule has 160 valence electrons. The minimum absolute atomic E-state index is 0.0155. The maximum absolute atomic E-state index is 12.9. The molecular weight excluding hydrogens is 418 g/mol. The fraction of sp³-hybridized carbons (Fsp3) is 0.136. The Labute approximate surface area is 180 Å². The fourth-order valence-corrected chi connectivity index (χ4v) is 4.36. The monoisotopic (exact) mass is 439 g/mol. The topological polar surface area (TPSA) is 118 Å². The zero-order valence-corrected chi connectivity index (χ0v) is 18.0. The Kier molecular flexibility index (Phi) is 6.07. The summed E-state index contributed by atoms with van der Waals surface area (Å²) in [6.45, 7) is 5.09. The lowest BCUT2D eigenvalue weighted by Crippen LogP contribution is -2.16. The molecule has 0 radical (unpaired) electrons. The number of nitrogens with zero attached hydrogens (tertiary/aromatic N) is 1. The lowest BCUT2D eigenvalue weighted by molar-refractivity contribution is -0.385. The average Bonchev–Trinajstić information content (AvgIpc) is 2.69. The Balaban J connectivity index is 1.88. The van der Waals surface area contributed by atoms with E-state index in [0.29, 0.717) is 16.8 Å². The molecule has 0 unspecified atom stereocenters. The zero-order chi connectivity index (χ0) is 22.8. The van der Waals surface area contributed by atoms with Crippen LogP contribution in [-0.2, 0) is 10.0 Å². The second-order valence-electron chi connectivity index (χ2n) is 7.17. The molecule has 1 amide bonds. The lowest BCUT2D eigenvalue weighted by atomic mass is 10.1. The molecule has 0 saturated carbocycles. The van der Waals surface area contributed by atoms with Gasteiger partial charge in [0.25, 0.3) is 21.6 Å². The first kappa shape index (κ1) is 22.0. The van der Waals surface area contributed by atoms with Crippen molar-refractivity contribution in [3.05, 3.63) is 93.0 Å². The number of sulfonamides is 1. The number of nitrogens with one attached hydrogen (secondary N) is 2. The Morgan fingerprint density at radius 3 is 2.29 bits per heavy atom. The third-order valence-corrected chi connectivity index (χ3v) is 6.20. The molecule has 0 aliphatic heterocycles. The van der Waals surface area contributed by atoms with Gasteiger partial charge < -0.3 is 5.32 Å². The van der Waals surface area contributed by atoms with Gasteiger partial charge in [0.1, 0.15) is 0 Å². The number of hydrogen-bond acceptors (Lipinski definition) is 5. The molecule has 0 heterocycles. The smallest absolute Gasteiger partial charge is 0.273 e. The summed E-state index contributed by atoms with van der Waals surface area (Å²) in [5.74, 6) is -0.582. The van der Waals surface area contributed by atoms with E-state index in [0.717, 1.165) is 5.56 Å². The number of amides is 1. The van der Waals surface area contributed by atoms with Gasteiger partial charge in [0.15, 0.2) is 0 Å². The summed E-state index contributed by atoms with van der Waals surface area (Å²) in [5.41, 5.74) is 2.47. The third-order valence-electron chi connectivity index (χ3n) is 4.67. The highest BCUT2D eigenvalue weighted by Crippen LogP contribution is 2.25. The van der Waals surface area contributed by atoms with E-state index in [-0.39, 0.29) is 21.8 Å². The minimum atomic E-state index is -3.90. The number of carbonyl (C=O) groups excluding carboxylic acids is 1. The van der Waals surface area contributed by atoms with E-state index in [2.05, 4.69) is 10.0 Å². The molecule has 0 fully saturated rings. The Morgan fingerprint density at radius 2 is 1.61 bits per heavy atom. The summed E-state index contributed by atoms with van der Waals surface area (Å²) >= 11 is 0.